The summed E-state index contributed by atoms with van der Waals surface area (Å²) in [5.41, 5.74) is -0.275. The number of fused-ring (bicyclic) bond motifs is 1. The molecule has 0 bridgehead atoms. The standard InChI is InChI=1S/C10H7N3O3/c14-3-1-2-6-4-7-8(11-5-6)12-10(16)13-9(7)15/h1-5H,(H2,11,12,13,15,16)/b2-1+. The minimum Gasteiger partial charge on any atom is -0.299 e. The van der Waals surface area contributed by atoms with Gasteiger partial charge >= 0.3 is 5.69 Å². The van der Waals surface area contributed by atoms with E-state index in [9.17, 15) is 14.4 Å². The second kappa shape index (κ2) is 3.93. The SMILES string of the molecule is O=C/C=C/c1cnc2[nH]c(=O)[nH]c(=O)c2c1. The summed E-state index contributed by atoms with van der Waals surface area (Å²) >= 11 is 0. The Hall–Kier alpha value is -2.50. The molecule has 6 nitrogen and oxygen atoms in total. The average Bonchev–Trinajstić information content (AvgIpc) is 2.26. The van der Waals surface area contributed by atoms with Crippen molar-refractivity contribution in [2.45, 2.75) is 0 Å². The van der Waals surface area contributed by atoms with Crippen LogP contribution in [0.4, 0.5) is 0 Å². The predicted molar refractivity (Wildman–Crippen MR) is 58.1 cm³/mol. The van der Waals surface area contributed by atoms with Gasteiger partial charge in [-0.1, -0.05) is 6.08 Å². The third-order valence-electron chi connectivity index (χ3n) is 1.98. The molecule has 0 radical (unpaired) electrons. The largest absolute Gasteiger partial charge is 0.327 e. The van der Waals surface area contributed by atoms with Gasteiger partial charge in [-0.2, -0.15) is 0 Å². The van der Waals surface area contributed by atoms with Gasteiger partial charge < -0.3 is 0 Å². The maximum absolute atomic E-state index is 11.4. The lowest BCUT2D eigenvalue weighted by molar-refractivity contribution is -0.104. The average molecular weight is 217 g/mol. The molecule has 2 heterocycles. The molecule has 0 fully saturated rings. The first-order valence-corrected chi connectivity index (χ1v) is 4.45. The molecule has 6 heteroatoms. The molecule has 2 N–H and O–H groups in total. The van der Waals surface area contributed by atoms with Crippen LogP contribution < -0.4 is 11.2 Å². The fourth-order valence-electron chi connectivity index (χ4n) is 1.30. The molecule has 0 atom stereocenters. The topological polar surface area (TPSA) is 95.7 Å². The molecular weight excluding hydrogens is 210 g/mol. The third kappa shape index (κ3) is 1.81. The lowest BCUT2D eigenvalue weighted by Crippen LogP contribution is -2.22. The summed E-state index contributed by atoms with van der Waals surface area (Å²) in [5.74, 6) is 0. The van der Waals surface area contributed by atoms with Gasteiger partial charge in [0.15, 0.2) is 0 Å². The summed E-state index contributed by atoms with van der Waals surface area (Å²) in [5, 5.41) is 0.271. The van der Waals surface area contributed by atoms with Gasteiger partial charge in [-0.3, -0.25) is 19.6 Å². The Morgan fingerprint density at radius 1 is 1.25 bits per heavy atom. The molecule has 80 valence electrons. The summed E-state index contributed by atoms with van der Waals surface area (Å²) in [6.07, 6.45) is 4.89. The Balaban J connectivity index is 2.71. The van der Waals surface area contributed by atoms with Gasteiger partial charge in [0.25, 0.3) is 5.56 Å². The molecule has 0 spiro atoms. The summed E-state index contributed by atoms with van der Waals surface area (Å²) in [4.78, 5) is 40.9. The summed E-state index contributed by atoms with van der Waals surface area (Å²) in [6, 6.07) is 1.54. The molecule has 0 amide bonds. The van der Waals surface area contributed by atoms with E-state index in [2.05, 4.69) is 15.0 Å². The van der Waals surface area contributed by atoms with E-state index in [1.54, 1.807) is 0 Å². The molecule has 0 saturated carbocycles. The van der Waals surface area contributed by atoms with Gasteiger partial charge in [-0.15, -0.1) is 0 Å². The van der Waals surface area contributed by atoms with Crippen LogP contribution >= 0.6 is 0 Å². The Bertz CT molecular complexity index is 682. The van der Waals surface area contributed by atoms with Crippen molar-refractivity contribution >= 4 is 23.4 Å². The van der Waals surface area contributed by atoms with Crippen LogP contribution in [0.15, 0.2) is 27.9 Å². The van der Waals surface area contributed by atoms with E-state index >= 15 is 0 Å². The Kier molecular flexibility index (Phi) is 2.47. The highest BCUT2D eigenvalue weighted by Crippen LogP contribution is 2.06. The fraction of sp³-hybridized carbons (Fsp3) is 0. The van der Waals surface area contributed by atoms with Crippen molar-refractivity contribution in [1.29, 1.82) is 0 Å². The van der Waals surface area contributed by atoms with Crippen molar-refractivity contribution < 1.29 is 4.79 Å². The van der Waals surface area contributed by atoms with Gasteiger partial charge in [0.05, 0.1) is 5.39 Å². The number of nitrogens with one attached hydrogen (secondary N) is 2. The number of aromatic nitrogens is 3. The zero-order valence-electron chi connectivity index (χ0n) is 8.06. The molecule has 16 heavy (non-hydrogen) atoms. The Labute approximate surface area is 88.7 Å². The molecule has 2 aromatic heterocycles. The van der Waals surface area contributed by atoms with Crippen LogP contribution in [0.25, 0.3) is 17.1 Å². The summed E-state index contributed by atoms with van der Waals surface area (Å²) in [7, 11) is 0. The molecule has 0 aromatic carbocycles. The van der Waals surface area contributed by atoms with Crippen molar-refractivity contribution in [2.75, 3.05) is 0 Å². The number of aromatic amines is 2. The van der Waals surface area contributed by atoms with Crippen molar-refractivity contribution in [3.63, 3.8) is 0 Å². The number of carbonyl (C=O) groups is 1. The molecule has 0 saturated heterocycles. The number of allylic oxidation sites excluding steroid dienone is 1. The highest BCUT2D eigenvalue weighted by atomic mass is 16.2. The van der Waals surface area contributed by atoms with Crippen LogP contribution in [0.3, 0.4) is 0 Å². The van der Waals surface area contributed by atoms with Crippen LogP contribution in [0.1, 0.15) is 5.56 Å². The van der Waals surface area contributed by atoms with Crippen LogP contribution in [0.5, 0.6) is 0 Å². The summed E-state index contributed by atoms with van der Waals surface area (Å²) < 4.78 is 0. The number of hydrogen-bond acceptors (Lipinski definition) is 4. The highest BCUT2D eigenvalue weighted by molar-refractivity contribution is 5.79. The second-order valence-corrected chi connectivity index (χ2v) is 3.07. The number of aldehydes is 1. The van der Waals surface area contributed by atoms with Crippen LogP contribution in [0, 0.1) is 0 Å². The zero-order valence-corrected chi connectivity index (χ0v) is 8.06. The number of nitrogens with zero attached hydrogens (tertiary/aromatic N) is 1. The van der Waals surface area contributed by atoms with Crippen LogP contribution in [-0.2, 0) is 4.79 Å². The van der Waals surface area contributed by atoms with E-state index in [0.717, 1.165) is 0 Å². The number of pyridine rings is 1. The Morgan fingerprint density at radius 3 is 2.81 bits per heavy atom. The normalized spacial score (nSPS) is 11.0. The predicted octanol–water partition coefficient (Wildman–Crippen LogP) is -0.177. The van der Waals surface area contributed by atoms with Gasteiger partial charge in [0, 0.05) is 6.20 Å². The van der Waals surface area contributed by atoms with E-state index in [4.69, 9.17) is 0 Å². The highest BCUT2D eigenvalue weighted by Gasteiger charge is 2.01. The molecule has 0 aliphatic heterocycles. The second-order valence-electron chi connectivity index (χ2n) is 3.07. The van der Waals surface area contributed by atoms with E-state index in [-0.39, 0.29) is 11.0 Å². The lowest BCUT2D eigenvalue weighted by atomic mass is 10.2. The molecule has 2 aromatic rings. The van der Waals surface area contributed by atoms with Crippen molar-refractivity contribution in [3.8, 4) is 0 Å². The molecular formula is C10H7N3O3. The van der Waals surface area contributed by atoms with Gasteiger partial charge in [0.1, 0.15) is 11.9 Å². The minimum absolute atomic E-state index is 0.219. The lowest BCUT2D eigenvalue weighted by Gasteiger charge is -1.96. The quantitative estimate of drug-likeness (QED) is 0.539. The fourth-order valence-corrected chi connectivity index (χ4v) is 1.30. The number of rotatable bonds is 2. The van der Waals surface area contributed by atoms with Crippen molar-refractivity contribution in [2.24, 2.45) is 0 Å². The van der Waals surface area contributed by atoms with Crippen LogP contribution in [0.2, 0.25) is 0 Å². The van der Waals surface area contributed by atoms with E-state index < -0.39 is 11.2 Å². The summed E-state index contributed by atoms with van der Waals surface area (Å²) in [6.45, 7) is 0. The number of carbonyl (C=O) groups excluding carboxylic acids is 1. The van der Waals surface area contributed by atoms with Crippen LogP contribution in [-0.4, -0.2) is 21.2 Å². The monoisotopic (exact) mass is 217 g/mol. The molecule has 0 aliphatic carbocycles. The first kappa shape index (κ1) is 10.0. The zero-order chi connectivity index (χ0) is 11.5. The van der Waals surface area contributed by atoms with Crippen molar-refractivity contribution in [3.05, 3.63) is 44.7 Å². The van der Waals surface area contributed by atoms with Gasteiger partial charge in [-0.05, 0) is 17.7 Å². The first-order valence-electron chi connectivity index (χ1n) is 4.45. The molecule has 0 unspecified atom stereocenters. The number of hydrogen-bond donors (Lipinski definition) is 2. The van der Waals surface area contributed by atoms with Gasteiger partial charge in [0.2, 0.25) is 0 Å². The van der Waals surface area contributed by atoms with E-state index in [0.29, 0.717) is 11.8 Å². The molecule has 0 aliphatic rings. The first-order chi connectivity index (χ1) is 7.70. The van der Waals surface area contributed by atoms with Crippen molar-refractivity contribution in [1.82, 2.24) is 15.0 Å². The minimum atomic E-state index is -0.596. The van der Waals surface area contributed by atoms with E-state index in [1.165, 1.54) is 24.4 Å². The third-order valence-corrected chi connectivity index (χ3v) is 1.98. The molecule has 2 rings (SSSR count). The Morgan fingerprint density at radius 2 is 2.06 bits per heavy atom. The number of H-pyrrole nitrogens is 2. The van der Waals surface area contributed by atoms with Gasteiger partial charge in [-0.25, -0.2) is 9.78 Å². The van der Waals surface area contributed by atoms with E-state index in [1.807, 2.05) is 0 Å². The smallest absolute Gasteiger partial charge is 0.299 e. The maximum atomic E-state index is 11.4. The maximum Gasteiger partial charge on any atom is 0.327 e.